The van der Waals surface area contributed by atoms with Gasteiger partial charge in [0.25, 0.3) is 5.91 Å². The second kappa shape index (κ2) is 8.86. The van der Waals surface area contributed by atoms with Crippen molar-refractivity contribution in [2.45, 2.75) is 20.4 Å². The number of nitrogens with one attached hydrogen (secondary N) is 2. The lowest BCUT2D eigenvalue weighted by Gasteiger charge is -2.11. The number of benzene rings is 1. The average Bonchev–Trinajstić information content (AvgIpc) is 2.64. The molecule has 1 heterocycles. The van der Waals surface area contributed by atoms with E-state index in [9.17, 15) is 4.79 Å². The Morgan fingerprint density at radius 3 is 2.56 bits per heavy atom. The van der Waals surface area contributed by atoms with Crippen LogP contribution in [0.5, 0.6) is 11.5 Å². The Morgan fingerprint density at radius 2 is 1.88 bits per heavy atom. The standard InChI is InChI=1S/C18H24N4O3/c1-12(2)9-19-17-8-14(21-11-22-17)18(23)20-10-13-5-6-15(24-3)16(7-13)25-4/h5-8,11-12H,9-10H2,1-4H3,(H,20,23)(H,19,21,22). The Morgan fingerprint density at radius 1 is 1.12 bits per heavy atom. The summed E-state index contributed by atoms with van der Waals surface area (Å²) in [6.07, 6.45) is 1.38. The number of rotatable bonds is 8. The van der Waals surface area contributed by atoms with E-state index < -0.39 is 0 Å². The Kier molecular flexibility index (Phi) is 6.56. The molecular formula is C18H24N4O3. The smallest absolute Gasteiger partial charge is 0.270 e. The molecule has 7 heteroatoms. The van der Waals surface area contributed by atoms with E-state index in [-0.39, 0.29) is 5.91 Å². The summed E-state index contributed by atoms with van der Waals surface area (Å²) in [7, 11) is 3.16. The molecule has 2 N–H and O–H groups in total. The third-order valence-electron chi connectivity index (χ3n) is 3.49. The van der Waals surface area contributed by atoms with Crippen molar-refractivity contribution in [3.63, 3.8) is 0 Å². The Balaban J connectivity index is 1.99. The van der Waals surface area contributed by atoms with Gasteiger partial charge in [-0.1, -0.05) is 19.9 Å². The maximum Gasteiger partial charge on any atom is 0.270 e. The maximum atomic E-state index is 12.3. The maximum absolute atomic E-state index is 12.3. The van der Waals surface area contributed by atoms with E-state index in [1.807, 2.05) is 12.1 Å². The molecule has 25 heavy (non-hydrogen) atoms. The van der Waals surface area contributed by atoms with Gasteiger partial charge >= 0.3 is 0 Å². The van der Waals surface area contributed by atoms with Crippen molar-refractivity contribution in [3.8, 4) is 11.5 Å². The molecule has 0 spiro atoms. The van der Waals surface area contributed by atoms with E-state index in [1.165, 1.54) is 6.33 Å². The highest BCUT2D eigenvalue weighted by Gasteiger charge is 2.10. The lowest BCUT2D eigenvalue weighted by Crippen LogP contribution is -2.24. The molecule has 0 unspecified atom stereocenters. The van der Waals surface area contributed by atoms with Crippen molar-refractivity contribution in [2.24, 2.45) is 5.92 Å². The predicted molar refractivity (Wildman–Crippen MR) is 96.1 cm³/mol. The molecule has 0 fully saturated rings. The van der Waals surface area contributed by atoms with Crippen LogP contribution in [0.25, 0.3) is 0 Å². The number of methoxy groups -OCH3 is 2. The van der Waals surface area contributed by atoms with E-state index in [4.69, 9.17) is 9.47 Å². The minimum absolute atomic E-state index is 0.259. The number of aromatic nitrogens is 2. The first-order valence-electron chi connectivity index (χ1n) is 8.08. The molecule has 2 rings (SSSR count). The van der Waals surface area contributed by atoms with Crippen molar-refractivity contribution in [1.82, 2.24) is 15.3 Å². The molecule has 7 nitrogen and oxygen atoms in total. The van der Waals surface area contributed by atoms with E-state index in [0.717, 1.165) is 12.1 Å². The minimum atomic E-state index is -0.259. The zero-order valence-electron chi connectivity index (χ0n) is 15.0. The molecule has 0 aliphatic rings. The average molecular weight is 344 g/mol. The fourth-order valence-corrected chi connectivity index (χ4v) is 2.15. The number of amides is 1. The van der Waals surface area contributed by atoms with E-state index in [1.54, 1.807) is 26.4 Å². The van der Waals surface area contributed by atoms with Gasteiger partial charge in [0, 0.05) is 19.2 Å². The van der Waals surface area contributed by atoms with Gasteiger partial charge in [-0.05, 0) is 23.6 Å². The van der Waals surface area contributed by atoms with Crippen LogP contribution in [0.15, 0.2) is 30.6 Å². The van der Waals surface area contributed by atoms with Gasteiger partial charge < -0.3 is 20.1 Å². The number of carbonyl (C=O) groups excluding carboxylic acids is 1. The highest BCUT2D eigenvalue weighted by atomic mass is 16.5. The first-order valence-corrected chi connectivity index (χ1v) is 8.08. The zero-order chi connectivity index (χ0) is 18.2. The molecule has 1 aromatic heterocycles. The van der Waals surface area contributed by atoms with Crippen LogP contribution < -0.4 is 20.1 Å². The summed E-state index contributed by atoms with van der Waals surface area (Å²) in [5.41, 5.74) is 1.22. The van der Waals surface area contributed by atoms with Crippen LogP contribution in [0.4, 0.5) is 5.82 Å². The number of nitrogens with zero attached hydrogens (tertiary/aromatic N) is 2. The first kappa shape index (κ1) is 18.5. The van der Waals surface area contributed by atoms with E-state index in [2.05, 4.69) is 34.4 Å². The molecule has 0 saturated carbocycles. The summed E-state index contributed by atoms with van der Waals surface area (Å²) in [5.74, 6) is 2.13. The van der Waals surface area contributed by atoms with Gasteiger partial charge in [0.05, 0.1) is 14.2 Å². The van der Waals surface area contributed by atoms with Crippen LogP contribution in [-0.2, 0) is 6.54 Å². The van der Waals surface area contributed by atoms with Crippen LogP contribution in [0.3, 0.4) is 0 Å². The van der Waals surface area contributed by atoms with Crippen LogP contribution >= 0.6 is 0 Å². The molecule has 0 bridgehead atoms. The van der Waals surface area contributed by atoms with Gasteiger partial charge in [-0.25, -0.2) is 9.97 Å². The molecular weight excluding hydrogens is 320 g/mol. The van der Waals surface area contributed by atoms with Gasteiger partial charge in [0.2, 0.25) is 0 Å². The van der Waals surface area contributed by atoms with Crippen molar-refractivity contribution in [1.29, 1.82) is 0 Å². The topological polar surface area (TPSA) is 85.4 Å². The second-order valence-electron chi connectivity index (χ2n) is 5.94. The van der Waals surface area contributed by atoms with E-state index in [0.29, 0.717) is 35.5 Å². The van der Waals surface area contributed by atoms with Gasteiger partial charge in [-0.15, -0.1) is 0 Å². The van der Waals surface area contributed by atoms with Crippen LogP contribution in [0, 0.1) is 5.92 Å². The van der Waals surface area contributed by atoms with Crippen LogP contribution in [0.1, 0.15) is 29.9 Å². The highest BCUT2D eigenvalue weighted by Crippen LogP contribution is 2.27. The van der Waals surface area contributed by atoms with Crippen molar-refractivity contribution in [3.05, 3.63) is 41.9 Å². The quantitative estimate of drug-likeness (QED) is 0.765. The third kappa shape index (κ3) is 5.34. The molecule has 0 aliphatic carbocycles. The van der Waals surface area contributed by atoms with Gasteiger partial charge in [0.15, 0.2) is 11.5 Å². The fourth-order valence-electron chi connectivity index (χ4n) is 2.15. The Hall–Kier alpha value is -2.83. The number of carbonyl (C=O) groups is 1. The van der Waals surface area contributed by atoms with Crippen LogP contribution in [0.2, 0.25) is 0 Å². The molecule has 134 valence electrons. The van der Waals surface area contributed by atoms with Crippen LogP contribution in [-0.4, -0.2) is 36.6 Å². The molecule has 0 atom stereocenters. The lowest BCUT2D eigenvalue weighted by atomic mass is 10.2. The normalized spacial score (nSPS) is 10.4. The molecule has 2 aromatic rings. The second-order valence-corrected chi connectivity index (χ2v) is 5.94. The van der Waals surface area contributed by atoms with Crippen molar-refractivity contribution < 1.29 is 14.3 Å². The number of anilines is 1. The largest absolute Gasteiger partial charge is 0.493 e. The number of ether oxygens (including phenoxy) is 2. The summed E-state index contributed by atoms with van der Waals surface area (Å²) in [5, 5.41) is 6.02. The molecule has 0 aliphatic heterocycles. The van der Waals surface area contributed by atoms with Gasteiger partial charge in [-0.3, -0.25) is 4.79 Å². The Bertz CT molecular complexity index is 719. The Labute approximate surface area is 147 Å². The summed E-state index contributed by atoms with van der Waals surface area (Å²) in [6.45, 7) is 5.34. The van der Waals surface area contributed by atoms with Gasteiger partial charge in [-0.2, -0.15) is 0 Å². The highest BCUT2D eigenvalue weighted by molar-refractivity contribution is 5.92. The minimum Gasteiger partial charge on any atom is -0.493 e. The zero-order valence-corrected chi connectivity index (χ0v) is 15.0. The van der Waals surface area contributed by atoms with E-state index >= 15 is 0 Å². The molecule has 1 amide bonds. The number of hydrogen-bond donors (Lipinski definition) is 2. The molecule has 0 radical (unpaired) electrons. The lowest BCUT2D eigenvalue weighted by molar-refractivity contribution is 0.0945. The third-order valence-corrected chi connectivity index (χ3v) is 3.49. The summed E-state index contributed by atoms with van der Waals surface area (Å²) in [6, 6.07) is 7.15. The van der Waals surface area contributed by atoms with Gasteiger partial charge in [0.1, 0.15) is 17.8 Å². The monoisotopic (exact) mass is 344 g/mol. The first-order chi connectivity index (χ1) is 12.0. The number of hydrogen-bond acceptors (Lipinski definition) is 6. The summed E-state index contributed by atoms with van der Waals surface area (Å²) >= 11 is 0. The summed E-state index contributed by atoms with van der Waals surface area (Å²) < 4.78 is 10.5. The predicted octanol–water partition coefficient (Wildman–Crippen LogP) is 2.49. The SMILES string of the molecule is COc1ccc(CNC(=O)c2cc(NCC(C)C)ncn2)cc1OC. The fraction of sp³-hybridized carbons (Fsp3) is 0.389. The van der Waals surface area contributed by atoms with Crippen molar-refractivity contribution in [2.75, 3.05) is 26.1 Å². The molecule has 0 saturated heterocycles. The van der Waals surface area contributed by atoms with Crippen molar-refractivity contribution >= 4 is 11.7 Å². The molecule has 1 aromatic carbocycles. The summed E-state index contributed by atoms with van der Waals surface area (Å²) in [4.78, 5) is 20.5.